The lowest BCUT2D eigenvalue weighted by molar-refractivity contribution is 0.710. The lowest BCUT2D eigenvalue weighted by Gasteiger charge is -2.10. The molecule has 0 bridgehead atoms. The fraction of sp³-hybridized carbons (Fsp3) is 0.636. The van der Waals surface area contributed by atoms with Gasteiger partial charge in [-0.05, 0) is 26.5 Å². The largest absolute Gasteiger partial charge is 0.316 e. The van der Waals surface area contributed by atoms with Crippen LogP contribution in [0.25, 0.3) is 0 Å². The molecule has 0 saturated carbocycles. The maximum Gasteiger partial charge on any atom is 0.188 e. The van der Waals surface area contributed by atoms with Crippen LogP contribution in [0.2, 0.25) is 0 Å². The van der Waals surface area contributed by atoms with Crippen LogP contribution in [-0.4, -0.2) is 28.3 Å². The van der Waals surface area contributed by atoms with Crippen molar-refractivity contribution in [3.63, 3.8) is 0 Å². The Labute approximate surface area is 96.1 Å². The van der Waals surface area contributed by atoms with Gasteiger partial charge in [-0.25, -0.2) is 9.97 Å². The first-order valence-electron chi connectivity index (χ1n) is 5.31. The van der Waals surface area contributed by atoms with Crippen molar-refractivity contribution < 1.29 is 0 Å². The van der Waals surface area contributed by atoms with Crippen LogP contribution in [0.15, 0.2) is 11.2 Å². The molecule has 1 rings (SSSR count). The number of thioether (sulfide) groups is 1. The van der Waals surface area contributed by atoms with E-state index in [2.05, 4.69) is 29.1 Å². The van der Waals surface area contributed by atoms with Crippen molar-refractivity contribution in [2.24, 2.45) is 0 Å². The van der Waals surface area contributed by atoms with Gasteiger partial charge in [0.2, 0.25) is 0 Å². The predicted octanol–water partition coefficient (Wildman–Crippen LogP) is 2.18. The molecule has 0 amide bonds. The second-order valence-electron chi connectivity index (χ2n) is 3.67. The van der Waals surface area contributed by atoms with Crippen molar-refractivity contribution in [1.29, 1.82) is 0 Å². The van der Waals surface area contributed by atoms with Crippen molar-refractivity contribution >= 4 is 11.8 Å². The zero-order valence-electron chi connectivity index (χ0n) is 9.87. The average molecular weight is 225 g/mol. The van der Waals surface area contributed by atoms with Crippen molar-refractivity contribution in [1.82, 2.24) is 15.3 Å². The Morgan fingerprint density at radius 3 is 2.47 bits per heavy atom. The highest BCUT2D eigenvalue weighted by atomic mass is 32.2. The first-order valence-corrected chi connectivity index (χ1v) is 6.19. The first kappa shape index (κ1) is 12.5. The second-order valence-corrected chi connectivity index (χ2v) is 5.08. The summed E-state index contributed by atoms with van der Waals surface area (Å²) in [5.41, 5.74) is 2.08. The topological polar surface area (TPSA) is 37.8 Å². The van der Waals surface area contributed by atoms with Gasteiger partial charge in [-0.15, -0.1) is 0 Å². The van der Waals surface area contributed by atoms with Crippen molar-refractivity contribution in [3.05, 3.63) is 17.5 Å². The Morgan fingerprint density at radius 1 is 1.33 bits per heavy atom. The maximum atomic E-state index is 4.41. The molecule has 15 heavy (non-hydrogen) atoms. The van der Waals surface area contributed by atoms with Crippen LogP contribution >= 0.6 is 11.8 Å². The molecule has 0 radical (unpaired) electrons. The maximum absolute atomic E-state index is 4.41. The van der Waals surface area contributed by atoms with Gasteiger partial charge in [0.05, 0.1) is 0 Å². The van der Waals surface area contributed by atoms with Gasteiger partial charge in [0.15, 0.2) is 5.16 Å². The summed E-state index contributed by atoms with van der Waals surface area (Å²) in [5, 5.41) is 4.71. The van der Waals surface area contributed by atoms with E-state index in [4.69, 9.17) is 0 Å². The molecule has 0 spiro atoms. The van der Waals surface area contributed by atoms with E-state index >= 15 is 0 Å². The molecule has 1 heterocycles. The molecule has 4 heteroatoms. The summed E-state index contributed by atoms with van der Waals surface area (Å²) >= 11 is 1.73. The molecular weight excluding hydrogens is 206 g/mol. The van der Waals surface area contributed by atoms with Gasteiger partial charge < -0.3 is 5.32 Å². The number of aryl methyl sites for hydroxylation is 2. The third kappa shape index (κ3) is 4.62. The number of rotatable bonds is 5. The molecule has 1 atom stereocenters. The molecule has 1 aromatic rings. The van der Waals surface area contributed by atoms with Crippen LogP contribution in [0, 0.1) is 13.8 Å². The zero-order valence-corrected chi connectivity index (χ0v) is 10.7. The normalized spacial score (nSPS) is 12.8. The SMILES string of the molecule is CCNCC(C)Sc1nc(C)cc(C)n1. The first-order chi connectivity index (χ1) is 7.11. The summed E-state index contributed by atoms with van der Waals surface area (Å²) in [7, 11) is 0. The van der Waals surface area contributed by atoms with Crippen LogP contribution in [0.1, 0.15) is 25.2 Å². The minimum atomic E-state index is 0.506. The van der Waals surface area contributed by atoms with Gasteiger partial charge in [-0.1, -0.05) is 25.6 Å². The van der Waals surface area contributed by atoms with Gasteiger partial charge in [-0.2, -0.15) is 0 Å². The molecule has 84 valence electrons. The van der Waals surface area contributed by atoms with Crippen molar-refractivity contribution in [3.8, 4) is 0 Å². The Hall–Kier alpha value is -0.610. The molecule has 0 aliphatic heterocycles. The smallest absolute Gasteiger partial charge is 0.188 e. The van der Waals surface area contributed by atoms with E-state index in [1.165, 1.54) is 0 Å². The van der Waals surface area contributed by atoms with Gasteiger partial charge >= 0.3 is 0 Å². The van der Waals surface area contributed by atoms with E-state index < -0.39 is 0 Å². The van der Waals surface area contributed by atoms with Crippen molar-refractivity contribution in [2.45, 2.75) is 38.1 Å². The fourth-order valence-electron chi connectivity index (χ4n) is 1.32. The Kier molecular flexibility index (Phi) is 5.05. The Balaban J connectivity index is 2.56. The third-order valence-electron chi connectivity index (χ3n) is 1.95. The van der Waals surface area contributed by atoms with Crippen LogP contribution in [0.5, 0.6) is 0 Å². The van der Waals surface area contributed by atoms with E-state index in [0.29, 0.717) is 5.25 Å². The summed E-state index contributed by atoms with van der Waals surface area (Å²) in [4.78, 5) is 8.81. The molecule has 0 aliphatic rings. The lowest BCUT2D eigenvalue weighted by atomic mass is 10.4. The van der Waals surface area contributed by atoms with Crippen LogP contribution in [0.4, 0.5) is 0 Å². The van der Waals surface area contributed by atoms with Crippen LogP contribution < -0.4 is 5.32 Å². The molecule has 0 saturated heterocycles. The van der Waals surface area contributed by atoms with Gasteiger partial charge in [0, 0.05) is 23.2 Å². The molecule has 0 aromatic carbocycles. The predicted molar refractivity (Wildman–Crippen MR) is 65.4 cm³/mol. The second kappa shape index (κ2) is 6.08. The average Bonchev–Trinajstić information content (AvgIpc) is 2.13. The van der Waals surface area contributed by atoms with Gasteiger partial charge in [0.25, 0.3) is 0 Å². The summed E-state index contributed by atoms with van der Waals surface area (Å²) in [5.74, 6) is 0. The number of hydrogen-bond acceptors (Lipinski definition) is 4. The molecule has 3 nitrogen and oxygen atoms in total. The van der Waals surface area contributed by atoms with E-state index in [1.807, 2.05) is 19.9 Å². The van der Waals surface area contributed by atoms with Crippen molar-refractivity contribution in [2.75, 3.05) is 13.1 Å². The molecule has 1 unspecified atom stereocenters. The van der Waals surface area contributed by atoms with E-state index in [1.54, 1.807) is 11.8 Å². The summed E-state index contributed by atoms with van der Waals surface area (Å²) in [6.45, 7) is 10.3. The summed E-state index contributed by atoms with van der Waals surface area (Å²) < 4.78 is 0. The molecule has 1 aromatic heterocycles. The van der Waals surface area contributed by atoms with Gasteiger partial charge in [0.1, 0.15) is 0 Å². The van der Waals surface area contributed by atoms with E-state index in [0.717, 1.165) is 29.6 Å². The summed E-state index contributed by atoms with van der Waals surface area (Å²) in [6, 6.07) is 2.00. The standard InChI is InChI=1S/C11H19N3S/c1-5-12-7-10(4)15-11-13-8(2)6-9(3)14-11/h6,10,12H,5,7H2,1-4H3. The highest BCUT2D eigenvalue weighted by Crippen LogP contribution is 2.19. The number of nitrogens with zero attached hydrogens (tertiary/aromatic N) is 2. The molecule has 1 N–H and O–H groups in total. The summed E-state index contributed by atoms with van der Waals surface area (Å²) in [6.07, 6.45) is 0. The zero-order chi connectivity index (χ0) is 11.3. The highest BCUT2D eigenvalue weighted by Gasteiger charge is 2.06. The Morgan fingerprint density at radius 2 is 1.93 bits per heavy atom. The van der Waals surface area contributed by atoms with Crippen LogP contribution in [-0.2, 0) is 0 Å². The quantitative estimate of drug-likeness (QED) is 0.616. The van der Waals surface area contributed by atoms with Crippen LogP contribution in [0.3, 0.4) is 0 Å². The third-order valence-corrected chi connectivity index (χ3v) is 2.91. The fourth-order valence-corrected chi connectivity index (χ4v) is 2.27. The Bertz CT molecular complexity index is 294. The minimum absolute atomic E-state index is 0.506. The minimum Gasteiger partial charge on any atom is -0.316 e. The van der Waals surface area contributed by atoms with E-state index in [9.17, 15) is 0 Å². The number of aromatic nitrogens is 2. The highest BCUT2D eigenvalue weighted by molar-refractivity contribution is 7.99. The monoisotopic (exact) mass is 225 g/mol. The molecule has 0 fully saturated rings. The van der Waals surface area contributed by atoms with Gasteiger partial charge in [-0.3, -0.25) is 0 Å². The molecular formula is C11H19N3S. The lowest BCUT2D eigenvalue weighted by Crippen LogP contribution is -2.22. The number of nitrogens with one attached hydrogen (secondary N) is 1. The van der Waals surface area contributed by atoms with E-state index in [-0.39, 0.29) is 0 Å². The number of hydrogen-bond donors (Lipinski definition) is 1. The molecule has 0 aliphatic carbocycles.